The minimum Gasteiger partial charge on any atom is -0.355 e. The van der Waals surface area contributed by atoms with E-state index < -0.39 is 11.8 Å². The second kappa shape index (κ2) is 9.50. The maximum atomic E-state index is 12.3. The smallest absolute Gasteiger partial charge is 0.312 e. The Morgan fingerprint density at radius 3 is 2.33 bits per heavy atom. The van der Waals surface area contributed by atoms with Gasteiger partial charge in [0.2, 0.25) is 5.91 Å². The minimum absolute atomic E-state index is 0.0482. The van der Waals surface area contributed by atoms with Crippen LogP contribution in [-0.4, -0.2) is 78.2 Å². The number of carbonyl (C=O) groups is 3. The highest BCUT2D eigenvalue weighted by molar-refractivity contribution is 6.35. The van der Waals surface area contributed by atoms with Crippen LogP contribution in [0.5, 0.6) is 0 Å². The van der Waals surface area contributed by atoms with Crippen molar-refractivity contribution in [3.8, 4) is 0 Å². The molecule has 2 heterocycles. The number of nitrogens with zero attached hydrogens (tertiary/aromatic N) is 3. The minimum atomic E-state index is -0.593. The van der Waals surface area contributed by atoms with Crippen molar-refractivity contribution in [2.24, 2.45) is 0 Å². The summed E-state index contributed by atoms with van der Waals surface area (Å²) in [6.45, 7) is 5.10. The summed E-state index contributed by atoms with van der Waals surface area (Å²) >= 11 is 0. The Morgan fingerprint density at radius 1 is 0.926 bits per heavy atom. The summed E-state index contributed by atoms with van der Waals surface area (Å²) in [5.41, 5.74) is 0.989. The van der Waals surface area contributed by atoms with Crippen LogP contribution in [0.15, 0.2) is 30.3 Å². The van der Waals surface area contributed by atoms with Crippen LogP contribution in [0, 0.1) is 0 Å². The molecule has 3 amide bonds. The molecule has 1 aromatic rings. The molecule has 2 saturated heterocycles. The molecule has 146 valence electrons. The number of nitrogens with one attached hydrogen (secondary N) is 1. The molecule has 0 aromatic heterocycles. The van der Waals surface area contributed by atoms with Crippen molar-refractivity contribution in [2.45, 2.75) is 25.8 Å². The lowest BCUT2D eigenvalue weighted by Gasteiger charge is -2.33. The zero-order valence-corrected chi connectivity index (χ0v) is 15.7. The number of benzene rings is 1. The standard InChI is InChI=1S/C20H28N4O3/c25-18(21-9-6-12-22-10-4-5-11-22)16-24-14-13-23(19(26)20(24)27)15-17-7-2-1-3-8-17/h1-3,7-8H,4-6,9-16H2,(H,21,25). The van der Waals surface area contributed by atoms with Crippen LogP contribution in [0.3, 0.4) is 0 Å². The number of likely N-dealkylation sites (tertiary alicyclic amines) is 1. The number of rotatable bonds is 8. The van der Waals surface area contributed by atoms with Gasteiger partial charge in [0, 0.05) is 26.2 Å². The maximum absolute atomic E-state index is 12.3. The van der Waals surface area contributed by atoms with E-state index in [-0.39, 0.29) is 12.5 Å². The highest BCUT2D eigenvalue weighted by atomic mass is 16.2. The molecular weight excluding hydrogens is 344 g/mol. The Balaban J connectivity index is 1.38. The topological polar surface area (TPSA) is 73.0 Å². The SMILES string of the molecule is O=C(CN1CCN(Cc2ccccc2)C(=O)C1=O)NCCCN1CCCC1. The van der Waals surface area contributed by atoms with Gasteiger partial charge in [-0.15, -0.1) is 0 Å². The highest BCUT2D eigenvalue weighted by Gasteiger charge is 2.33. The molecule has 0 radical (unpaired) electrons. The molecule has 7 heteroatoms. The quantitative estimate of drug-likeness (QED) is 0.532. The number of amides is 3. The molecule has 1 N–H and O–H groups in total. The van der Waals surface area contributed by atoms with Crippen molar-refractivity contribution in [2.75, 3.05) is 45.8 Å². The lowest BCUT2D eigenvalue weighted by Crippen LogP contribution is -2.56. The summed E-state index contributed by atoms with van der Waals surface area (Å²) in [5, 5.41) is 2.86. The number of hydrogen-bond donors (Lipinski definition) is 1. The first-order valence-corrected chi connectivity index (χ1v) is 9.74. The molecule has 2 aliphatic rings. The third-order valence-corrected chi connectivity index (χ3v) is 5.12. The van der Waals surface area contributed by atoms with Crippen molar-refractivity contribution in [1.82, 2.24) is 20.0 Å². The van der Waals surface area contributed by atoms with Crippen molar-refractivity contribution in [1.29, 1.82) is 0 Å². The van der Waals surface area contributed by atoms with Gasteiger partial charge in [0.25, 0.3) is 0 Å². The first-order valence-electron chi connectivity index (χ1n) is 9.74. The second-order valence-corrected chi connectivity index (χ2v) is 7.19. The Kier molecular flexibility index (Phi) is 6.81. The number of piperazine rings is 1. The third-order valence-electron chi connectivity index (χ3n) is 5.12. The van der Waals surface area contributed by atoms with E-state index in [1.807, 2.05) is 30.3 Å². The van der Waals surface area contributed by atoms with Crippen LogP contribution in [0.2, 0.25) is 0 Å². The van der Waals surface area contributed by atoms with E-state index in [0.29, 0.717) is 26.2 Å². The van der Waals surface area contributed by atoms with E-state index in [1.165, 1.54) is 17.7 Å². The van der Waals surface area contributed by atoms with E-state index in [9.17, 15) is 14.4 Å². The zero-order valence-electron chi connectivity index (χ0n) is 15.7. The van der Waals surface area contributed by atoms with E-state index in [1.54, 1.807) is 4.90 Å². The molecule has 3 rings (SSSR count). The van der Waals surface area contributed by atoms with Crippen LogP contribution >= 0.6 is 0 Å². The van der Waals surface area contributed by atoms with Crippen LogP contribution in [0.4, 0.5) is 0 Å². The Labute approximate surface area is 160 Å². The fraction of sp³-hybridized carbons (Fsp3) is 0.550. The van der Waals surface area contributed by atoms with Crippen LogP contribution in [0.25, 0.3) is 0 Å². The summed E-state index contributed by atoms with van der Waals surface area (Å²) in [7, 11) is 0. The number of carbonyl (C=O) groups excluding carboxylic acids is 3. The predicted octanol–water partition coefficient (Wildman–Crippen LogP) is 0.460. The summed E-state index contributed by atoms with van der Waals surface area (Å²) < 4.78 is 0. The first-order chi connectivity index (χ1) is 13.1. The van der Waals surface area contributed by atoms with Gasteiger partial charge < -0.3 is 20.0 Å². The Hall–Kier alpha value is -2.41. The summed E-state index contributed by atoms with van der Waals surface area (Å²) in [4.78, 5) is 42.0. The maximum Gasteiger partial charge on any atom is 0.312 e. The molecular formula is C20H28N4O3. The molecule has 0 bridgehead atoms. The zero-order chi connectivity index (χ0) is 19.1. The largest absolute Gasteiger partial charge is 0.355 e. The molecule has 27 heavy (non-hydrogen) atoms. The van der Waals surface area contributed by atoms with E-state index in [4.69, 9.17) is 0 Å². The van der Waals surface area contributed by atoms with Crippen molar-refractivity contribution < 1.29 is 14.4 Å². The molecule has 0 aliphatic carbocycles. The van der Waals surface area contributed by atoms with Gasteiger partial charge in [-0.25, -0.2) is 0 Å². The number of hydrogen-bond acceptors (Lipinski definition) is 4. The van der Waals surface area contributed by atoms with Gasteiger partial charge >= 0.3 is 11.8 Å². The monoisotopic (exact) mass is 372 g/mol. The molecule has 1 aromatic carbocycles. The van der Waals surface area contributed by atoms with Gasteiger partial charge in [-0.2, -0.15) is 0 Å². The molecule has 0 spiro atoms. The van der Waals surface area contributed by atoms with Crippen molar-refractivity contribution >= 4 is 17.7 Å². The van der Waals surface area contributed by atoms with E-state index >= 15 is 0 Å². The van der Waals surface area contributed by atoms with E-state index in [2.05, 4.69) is 10.2 Å². The lowest BCUT2D eigenvalue weighted by atomic mass is 10.2. The lowest BCUT2D eigenvalue weighted by molar-refractivity contribution is -0.157. The van der Waals surface area contributed by atoms with E-state index in [0.717, 1.165) is 31.6 Å². The molecule has 0 unspecified atom stereocenters. The second-order valence-electron chi connectivity index (χ2n) is 7.19. The Morgan fingerprint density at radius 2 is 1.59 bits per heavy atom. The average Bonchev–Trinajstić information content (AvgIpc) is 3.19. The van der Waals surface area contributed by atoms with Crippen LogP contribution in [-0.2, 0) is 20.9 Å². The van der Waals surface area contributed by atoms with Crippen molar-refractivity contribution in [3.05, 3.63) is 35.9 Å². The third kappa shape index (κ3) is 5.53. The van der Waals surface area contributed by atoms with Gasteiger partial charge in [-0.05, 0) is 44.5 Å². The summed E-state index contributed by atoms with van der Waals surface area (Å²) in [6.07, 6.45) is 3.43. The fourth-order valence-electron chi connectivity index (χ4n) is 3.59. The molecule has 0 saturated carbocycles. The van der Waals surface area contributed by atoms with Gasteiger partial charge in [-0.3, -0.25) is 14.4 Å². The normalized spacial score (nSPS) is 18.2. The molecule has 2 fully saturated rings. The van der Waals surface area contributed by atoms with Gasteiger partial charge in [-0.1, -0.05) is 30.3 Å². The predicted molar refractivity (Wildman–Crippen MR) is 102 cm³/mol. The van der Waals surface area contributed by atoms with Gasteiger partial charge in [0.15, 0.2) is 0 Å². The van der Waals surface area contributed by atoms with Gasteiger partial charge in [0.1, 0.15) is 6.54 Å². The molecule has 0 atom stereocenters. The molecule has 2 aliphatic heterocycles. The summed E-state index contributed by atoms with van der Waals surface area (Å²) in [5.74, 6) is -1.33. The molecule has 7 nitrogen and oxygen atoms in total. The van der Waals surface area contributed by atoms with Crippen molar-refractivity contribution in [3.63, 3.8) is 0 Å². The van der Waals surface area contributed by atoms with Gasteiger partial charge in [0.05, 0.1) is 0 Å². The first kappa shape index (κ1) is 19.4. The van der Waals surface area contributed by atoms with Crippen LogP contribution in [0.1, 0.15) is 24.8 Å². The average molecular weight is 372 g/mol. The van der Waals surface area contributed by atoms with Crippen LogP contribution < -0.4 is 5.32 Å². The fourth-order valence-corrected chi connectivity index (χ4v) is 3.59. The summed E-state index contributed by atoms with van der Waals surface area (Å²) in [6, 6.07) is 9.59. The Bertz CT molecular complexity index is 658. The highest BCUT2D eigenvalue weighted by Crippen LogP contribution is 2.10.